The molecule has 0 radical (unpaired) electrons. The molecule has 2 amide bonds. The summed E-state index contributed by atoms with van der Waals surface area (Å²) >= 11 is 6.09. The molecule has 1 fully saturated rings. The highest BCUT2D eigenvalue weighted by atomic mass is 35.5. The third kappa shape index (κ3) is 7.28. The Bertz CT molecular complexity index is 1680. The van der Waals surface area contributed by atoms with E-state index in [1.54, 1.807) is 51.2 Å². The van der Waals surface area contributed by atoms with Crippen LogP contribution in [0.15, 0.2) is 60.9 Å². The lowest BCUT2D eigenvalue weighted by molar-refractivity contribution is -0.614. The molecule has 5 rings (SSSR count). The first-order valence-corrected chi connectivity index (χ1v) is 14.5. The largest absolute Gasteiger partial charge is 0.618 e. The minimum Gasteiger partial charge on any atom is -0.618 e. The summed E-state index contributed by atoms with van der Waals surface area (Å²) in [5.41, 5.74) is 2.09. The molecule has 3 N–H and O–H groups in total. The predicted molar refractivity (Wildman–Crippen MR) is 165 cm³/mol. The third-order valence-corrected chi connectivity index (χ3v) is 7.42. The monoisotopic (exact) mass is 621 g/mol. The number of anilines is 2. The van der Waals surface area contributed by atoms with E-state index < -0.39 is 23.6 Å². The number of aromatic amines is 1. The molecule has 10 nitrogen and oxygen atoms in total. The fourth-order valence-electron chi connectivity index (χ4n) is 4.88. The molecular formula is C32H33ClFN5O5. The van der Waals surface area contributed by atoms with Crippen LogP contribution in [0.2, 0.25) is 5.02 Å². The van der Waals surface area contributed by atoms with Gasteiger partial charge in [-0.25, -0.2) is 19.0 Å². The fourth-order valence-corrected chi connectivity index (χ4v) is 5.03. The second kappa shape index (κ2) is 12.5. The smallest absolute Gasteiger partial charge is 0.412 e. The van der Waals surface area contributed by atoms with Crippen LogP contribution in [0.1, 0.15) is 57.5 Å². The van der Waals surface area contributed by atoms with Gasteiger partial charge >= 0.3 is 12.2 Å². The van der Waals surface area contributed by atoms with Crippen LogP contribution >= 0.6 is 11.6 Å². The maximum Gasteiger partial charge on any atom is 0.412 e. The van der Waals surface area contributed by atoms with Crippen molar-refractivity contribution in [1.29, 1.82) is 0 Å². The molecule has 0 spiro atoms. The van der Waals surface area contributed by atoms with Gasteiger partial charge in [-0.3, -0.25) is 10.6 Å². The number of amides is 2. The van der Waals surface area contributed by atoms with Gasteiger partial charge in [0.15, 0.2) is 12.0 Å². The molecule has 44 heavy (non-hydrogen) atoms. The number of nitrogens with one attached hydrogen (secondary N) is 3. The molecule has 1 unspecified atom stereocenters. The Hall–Kier alpha value is -4.64. The van der Waals surface area contributed by atoms with Crippen LogP contribution in [0.3, 0.4) is 0 Å². The minimum absolute atomic E-state index is 0.0244. The van der Waals surface area contributed by atoms with E-state index in [2.05, 4.69) is 20.4 Å². The number of pyridine rings is 1. The quantitative estimate of drug-likeness (QED) is 0.137. The van der Waals surface area contributed by atoms with Crippen molar-refractivity contribution in [2.24, 2.45) is 5.92 Å². The Morgan fingerprint density at radius 3 is 2.43 bits per heavy atom. The fraction of sp³-hybridized carbons (Fsp3) is 0.312. The van der Waals surface area contributed by atoms with Gasteiger partial charge in [0.1, 0.15) is 17.3 Å². The average Bonchev–Trinajstić information content (AvgIpc) is 3.66. The van der Waals surface area contributed by atoms with Crippen LogP contribution < -0.4 is 15.4 Å². The molecule has 1 saturated carbocycles. The van der Waals surface area contributed by atoms with E-state index in [1.165, 1.54) is 25.4 Å². The molecule has 1 aliphatic carbocycles. The van der Waals surface area contributed by atoms with Crippen LogP contribution in [0.4, 0.5) is 25.4 Å². The maximum absolute atomic E-state index is 15.4. The lowest BCUT2D eigenvalue weighted by atomic mass is 9.95. The van der Waals surface area contributed by atoms with Crippen LogP contribution in [0.25, 0.3) is 22.4 Å². The van der Waals surface area contributed by atoms with Crippen LogP contribution in [0, 0.1) is 16.9 Å². The second-order valence-electron chi connectivity index (χ2n) is 11.7. The Balaban J connectivity index is 1.44. The number of halogens is 2. The highest BCUT2D eigenvalue weighted by molar-refractivity contribution is 6.31. The van der Waals surface area contributed by atoms with Gasteiger partial charge in [0.25, 0.3) is 0 Å². The zero-order valence-corrected chi connectivity index (χ0v) is 25.5. The Morgan fingerprint density at radius 2 is 1.80 bits per heavy atom. The average molecular weight is 622 g/mol. The van der Waals surface area contributed by atoms with Gasteiger partial charge in [0.2, 0.25) is 5.69 Å². The number of rotatable bonds is 8. The lowest BCUT2D eigenvalue weighted by Crippen LogP contribution is -2.34. The number of hydrogen-bond donors (Lipinski definition) is 3. The summed E-state index contributed by atoms with van der Waals surface area (Å²) in [6.07, 6.45) is 4.59. The number of aromatic nitrogens is 3. The van der Waals surface area contributed by atoms with Crippen LogP contribution in [0.5, 0.6) is 0 Å². The van der Waals surface area contributed by atoms with Gasteiger partial charge < -0.3 is 19.7 Å². The zero-order chi connectivity index (χ0) is 31.6. The predicted octanol–water partition coefficient (Wildman–Crippen LogP) is 7.63. The summed E-state index contributed by atoms with van der Waals surface area (Å²) in [6.45, 7) is 5.15. The maximum atomic E-state index is 15.4. The molecule has 2 aromatic carbocycles. The van der Waals surface area contributed by atoms with E-state index >= 15 is 4.39 Å². The van der Waals surface area contributed by atoms with Crippen molar-refractivity contribution < 1.29 is 28.2 Å². The summed E-state index contributed by atoms with van der Waals surface area (Å²) in [4.78, 5) is 32.0. The number of carbonyl (C=O) groups excluding carboxylic acids is 2. The standard InChI is InChI=1S/C32H33ClFN5O5/c1-32(2,3)44-31(41)38-24-13-12-23(33)28(34)27(24)20-9-14-26(39(42)17-20)22(15-18-5-6-18)29-35-16-25(37-29)19-7-10-21(11-8-19)36-30(40)43-4/h7-14,16-18,22H,5-6,15H2,1-4H3,(H,35,37)(H,36,40)(H,38,41). The first kappa shape index (κ1) is 30.8. The minimum atomic E-state index is -0.772. The topological polar surface area (TPSA) is 132 Å². The van der Waals surface area contributed by atoms with Crippen molar-refractivity contribution in [2.45, 2.75) is 51.6 Å². The van der Waals surface area contributed by atoms with Gasteiger partial charge in [0.05, 0.1) is 29.1 Å². The highest BCUT2D eigenvalue weighted by Gasteiger charge is 2.33. The Morgan fingerprint density at radius 1 is 1.09 bits per heavy atom. The molecule has 230 valence electrons. The zero-order valence-electron chi connectivity index (χ0n) is 24.7. The summed E-state index contributed by atoms with van der Waals surface area (Å²) in [5.74, 6) is -0.0215. The second-order valence-corrected chi connectivity index (χ2v) is 12.1. The number of imidazole rings is 1. The Kier molecular flexibility index (Phi) is 8.78. The van der Waals surface area contributed by atoms with Crippen molar-refractivity contribution in [3.8, 4) is 22.4 Å². The number of methoxy groups -OCH3 is 1. The molecule has 12 heteroatoms. The van der Waals surface area contributed by atoms with Crippen molar-refractivity contribution in [3.63, 3.8) is 0 Å². The Labute approximate surface area is 259 Å². The van der Waals surface area contributed by atoms with E-state index in [1.807, 2.05) is 12.1 Å². The van der Waals surface area contributed by atoms with Crippen molar-refractivity contribution >= 4 is 35.2 Å². The molecule has 1 atom stereocenters. The van der Waals surface area contributed by atoms with Crippen molar-refractivity contribution in [2.75, 3.05) is 17.7 Å². The molecule has 1 aliphatic rings. The van der Waals surface area contributed by atoms with E-state index in [-0.39, 0.29) is 27.8 Å². The molecule has 0 saturated heterocycles. The van der Waals surface area contributed by atoms with Crippen LogP contribution in [-0.2, 0) is 9.47 Å². The summed E-state index contributed by atoms with van der Waals surface area (Å²) < 4.78 is 26.0. The molecule has 4 aromatic rings. The number of benzene rings is 2. The molecule has 2 aromatic heterocycles. The molecular weight excluding hydrogens is 589 g/mol. The normalized spacial score (nSPS) is 13.7. The molecule has 2 heterocycles. The van der Waals surface area contributed by atoms with Gasteiger partial charge in [-0.2, -0.15) is 4.73 Å². The number of ether oxygens (including phenoxy) is 2. The molecule has 0 bridgehead atoms. The van der Waals surface area contributed by atoms with E-state index in [4.69, 9.17) is 21.3 Å². The van der Waals surface area contributed by atoms with E-state index in [0.717, 1.165) is 23.1 Å². The van der Waals surface area contributed by atoms with E-state index in [0.29, 0.717) is 35.2 Å². The van der Waals surface area contributed by atoms with Gasteiger partial charge in [-0.15, -0.1) is 0 Å². The lowest BCUT2D eigenvalue weighted by Gasteiger charge is -2.21. The third-order valence-electron chi connectivity index (χ3n) is 7.13. The van der Waals surface area contributed by atoms with Crippen molar-refractivity contribution in [1.82, 2.24) is 9.97 Å². The van der Waals surface area contributed by atoms with Crippen LogP contribution in [-0.4, -0.2) is 34.9 Å². The first-order valence-electron chi connectivity index (χ1n) is 14.1. The summed E-state index contributed by atoms with van der Waals surface area (Å²) in [5, 5.41) is 18.6. The van der Waals surface area contributed by atoms with Crippen molar-refractivity contribution in [3.05, 3.63) is 88.5 Å². The van der Waals surface area contributed by atoms with Gasteiger partial charge in [-0.1, -0.05) is 36.6 Å². The highest BCUT2D eigenvalue weighted by Crippen LogP contribution is 2.41. The number of hydrogen-bond acceptors (Lipinski definition) is 6. The van der Waals surface area contributed by atoms with Gasteiger partial charge in [0, 0.05) is 29.1 Å². The first-order chi connectivity index (χ1) is 20.9. The van der Waals surface area contributed by atoms with E-state index in [9.17, 15) is 14.8 Å². The molecule has 0 aliphatic heterocycles. The number of nitrogens with zero attached hydrogens (tertiary/aromatic N) is 2. The number of H-pyrrole nitrogens is 1. The number of carbonyl (C=O) groups is 2. The van der Waals surface area contributed by atoms with Gasteiger partial charge in [-0.05, 0) is 63.4 Å². The summed E-state index contributed by atoms with van der Waals surface area (Å²) in [6, 6.07) is 13.2. The SMILES string of the molecule is COC(=O)Nc1ccc(-c2c[nH]c(C(CC3CC3)c3ccc(-c4c(NC(=O)OC(C)(C)C)ccc(Cl)c4F)c[n+]3[O-])n2)cc1. The summed E-state index contributed by atoms with van der Waals surface area (Å²) in [7, 11) is 1.29.